The summed E-state index contributed by atoms with van der Waals surface area (Å²) < 4.78 is 0. The van der Waals surface area contributed by atoms with Crippen LogP contribution in [0.15, 0.2) is 0 Å². The highest BCUT2D eigenvalue weighted by molar-refractivity contribution is 4.57. The Balaban J connectivity index is 3.21. The molecule has 0 fully saturated rings. The Bertz CT molecular complexity index is 70.0. The standard InChI is InChI=1S/C6H15NO3/c8-3-1-2-6(5-9)4-7-10/h6-10H,1-5H2. The molecule has 0 aromatic carbocycles. The number of hydrogen-bond acceptors (Lipinski definition) is 4. The summed E-state index contributed by atoms with van der Waals surface area (Å²) in [5.74, 6) is 0.0529. The second-order valence-corrected chi connectivity index (χ2v) is 2.28. The van der Waals surface area contributed by atoms with Crippen LogP contribution in [0.1, 0.15) is 12.8 Å². The molecule has 0 aliphatic heterocycles. The number of nitrogens with one attached hydrogen (secondary N) is 1. The Hall–Kier alpha value is -0.160. The van der Waals surface area contributed by atoms with Gasteiger partial charge in [-0.05, 0) is 18.8 Å². The maximum atomic E-state index is 8.65. The summed E-state index contributed by atoms with van der Waals surface area (Å²) >= 11 is 0. The fourth-order valence-electron chi connectivity index (χ4n) is 0.767. The van der Waals surface area contributed by atoms with Gasteiger partial charge in [-0.2, -0.15) is 0 Å². The monoisotopic (exact) mass is 149 g/mol. The molecule has 0 saturated heterocycles. The van der Waals surface area contributed by atoms with Crippen molar-refractivity contribution in [3.8, 4) is 0 Å². The summed E-state index contributed by atoms with van der Waals surface area (Å²) in [6, 6.07) is 0. The second-order valence-electron chi connectivity index (χ2n) is 2.28. The molecule has 0 amide bonds. The Labute approximate surface area is 60.5 Å². The number of rotatable bonds is 6. The predicted octanol–water partition coefficient (Wildman–Crippen LogP) is -0.654. The number of aliphatic hydroxyl groups excluding tert-OH is 2. The normalized spacial score (nSPS) is 13.5. The van der Waals surface area contributed by atoms with Gasteiger partial charge in [-0.1, -0.05) is 0 Å². The topological polar surface area (TPSA) is 72.7 Å². The SMILES string of the molecule is OCCCC(CO)CNO. The van der Waals surface area contributed by atoms with E-state index in [1.807, 2.05) is 5.48 Å². The molecule has 0 rings (SSSR count). The van der Waals surface area contributed by atoms with Gasteiger partial charge in [0.2, 0.25) is 0 Å². The minimum atomic E-state index is 0.0492. The van der Waals surface area contributed by atoms with Gasteiger partial charge in [-0.15, -0.1) is 0 Å². The van der Waals surface area contributed by atoms with E-state index in [4.69, 9.17) is 15.4 Å². The summed E-state index contributed by atoms with van der Waals surface area (Å²) in [7, 11) is 0. The molecular formula is C6H15NO3. The molecule has 0 bridgehead atoms. The van der Waals surface area contributed by atoms with E-state index in [-0.39, 0.29) is 19.1 Å². The van der Waals surface area contributed by atoms with E-state index in [9.17, 15) is 0 Å². The van der Waals surface area contributed by atoms with Crippen LogP contribution in [0.3, 0.4) is 0 Å². The molecule has 0 spiro atoms. The zero-order valence-corrected chi connectivity index (χ0v) is 5.95. The quantitative estimate of drug-likeness (QED) is 0.378. The van der Waals surface area contributed by atoms with Crippen molar-refractivity contribution in [2.24, 2.45) is 5.92 Å². The average Bonchev–Trinajstić information content (AvgIpc) is 1.98. The van der Waals surface area contributed by atoms with E-state index in [2.05, 4.69) is 0 Å². The first-order valence-corrected chi connectivity index (χ1v) is 3.43. The van der Waals surface area contributed by atoms with Gasteiger partial charge in [0.15, 0.2) is 0 Å². The van der Waals surface area contributed by atoms with Gasteiger partial charge in [0.1, 0.15) is 0 Å². The molecule has 1 atom stereocenters. The van der Waals surface area contributed by atoms with E-state index in [0.717, 1.165) is 6.42 Å². The van der Waals surface area contributed by atoms with Crippen molar-refractivity contribution in [3.63, 3.8) is 0 Å². The molecule has 4 nitrogen and oxygen atoms in total. The van der Waals surface area contributed by atoms with Crippen LogP contribution >= 0.6 is 0 Å². The van der Waals surface area contributed by atoms with Gasteiger partial charge in [0, 0.05) is 19.8 Å². The van der Waals surface area contributed by atoms with E-state index < -0.39 is 0 Å². The fourth-order valence-corrected chi connectivity index (χ4v) is 0.767. The fraction of sp³-hybridized carbons (Fsp3) is 1.00. The van der Waals surface area contributed by atoms with Crippen LogP contribution in [0, 0.1) is 5.92 Å². The average molecular weight is 149 g/mol. The minimum absolute atomic E-state index is 0.0492. The molecule has 0 saturated carbocycles. The zero-order valence-electron chi connectivity index (χ0n) is 5.95. The number of hydrogen-bond donors (Lipinski definition) is 4. The Morgan fingerprint density at radius 3 is 2.40 bits per heavy atom. The zero-order chi connectivity index (χ0) is 7.82. The molecule has 1 unspecified atom stereocenters. The minimum Gasteiger partial charge on any atom is -0.396 e. The Morgan fingerprint density at radius 1 is 1.30 bits per heavy atom. The predicted molar refractivity (Wildman–Crippen MR) is 36.7 cm³/mol. The van der Waals surface area contributed by atoms with Crippen molar-refractivity contribution in [3.05, 3.63) is 0 Å². The summed E-state index contributed by atoms with van der Waals surface area (Å²) in [5.41, 5.74) is 1.99. The van der Waals surface area contributed by atoms with Crippen molar-refractivity contribution >= 4 is 0 Å². The van der Waals surface area contributed by atoms with Crippen LogP contribution in [-0.4, -0.2) is 35.2 Å². The van der Waals surface area contributed by atoms with Gasteiger partial charge in [-0.25, -0.2) is 5.48 Å². The van der Waals surface area contributed by atoms with Crippen LogP contribution in [-0.2, 0) is 0 Å². The van der Waals surface area contributed by atoms with Crippen molar-refractivity contribution in [1.29, 1.82) is 0 Å². The van der Waals surface area contributed by atoms with E-state index in [1.165, 1.54) is 0 Å². The highest BCUT2D eigenvalue weighted by Gasteiger charge is 2.04. The van der Waals surface area contributed by atoms with Crippen LogP contribution in [0.2, 0.25) is 0 Å². The van der Waals surface area contributed by atoms with Gasteiger partial charge < -0.3 is 15.4 Å². The lowest BCUT2D eigenvalue weighted by atomic mass is 10.1. The number of hydroxylamine groups is 1. The van der Waals surface area contributed by atoms with Crippen LogP contribution in [0.25, 0.3) is 0 Å². The molecule has 4 heteroatoms. The molecule has 0 aliphatic carbocycles. The van der Waals surface area contributed by atoms with E-state index in [1.54, 1.807) is 0 Å². The molecule has 10 heavy (non-hydrogen) atoms. The largest absolute Gasteiger partial charge is 0.396 e. The lowest BCUT2D eigenvalue weighted by Crippen LogP contribution is -2.22. The number of aliphatic hydroxyl groups is 2. The first-order valence-electron chi connectivity index (χ1n) is 3.43. The van der Waals surface area contributed by atoms with Gasteiger partial charge in [-0.3, -0.25) is 0 Å². The van der Waals surface area contributed by atoms with E-state index in [0.29, 0.717) is 13.0 Å². The van der Waals surface area contributed by atoms with Gasteiger partial charge in [0.25, 0.3) is 0 Å². The summed E-state index contributed by atoms with van der Waals surface area (Å²) in [6.45, 7) is 0.575. The van der Waals surface area contributed by atoms with E-state index >= 15 is 0 Å². The van der Waals surface area contributed by atoms with Crippen LogP contribution in [0.5, 0.6) is 0 Å². The molecule has 0 aromatic heterocycles. The third kappa shape index (κ3) is 4.69. The molecule has 0 aliphatic rings. The molecule has 0 aromatic rings. The summed E-state index contributed by atoms with van der Waals surface area (Å²) in [5, 5.41) is 25.3. The lowest BCUT2D eigenvalue weighted by Gasteiger charge is -2.10. The van der Waals surface area contributed by atoms with Crippen molar-refractivity contribution in [2.45, 2.75) is 12.8 Å². The highest BCUT2D eigenvalue weighted by Crippen LogP contribution is 2.02. The van der Waals surface area contributed by atoms with Crippen LogP contribution < -0.4 is 5.48 Å². The molecular weight excluding hydrogens is 134 g/mol. The second kappa shape index (κ2) is 6.95. The first-order chi connectivity index (χ1) is 4.85. The van der Waals surface area contributed by atoms with Crippen molar-refractivity contribution < 1.29 is 15.4 Å². The molecule has 4 N–H and O–H groups in total. The Morgan fingerprint density at radius 2 is 2.00 bits per heavy atom. The maximum absolute atomic E-state index is 8.65. The maximum Gasteiger partial charge on any atom is 0.0472 e. The summed E-state index contributed by atoms with van der Waals surface area (Å²) in [4.78, 5) is 0. The molecule has 0 radical (unpaired) electrons. The highest BCUT2D eigenvalue weighted by atomic mass is 16.5. The first kappa shape index (κ1) is 9.84. The smallest absolute Gasteiger partial charge is 0.0472 e. The van der Waals surface area contributed by atoms with Crippen LogP contribution in [0.4, 0.5) is 0 Å². The van der Waals surface area contributed by atoms with Crippen molar-refractivity contribution in [2.75, 3.05) is 19.8 Å². The molecule has 62 valence electrons. The Kier molecular flexibility index (Phi) is 6.84. The van der Waals surface area contributed by atoms with Gasteiger partial charge >= 0.3 is 0 Å². The van der Waals surface area contributed by atoms with Crippen molar-refractivity contribution in [1.82, 2.24) is 5.48 Å². The third-order valence-corrected chi connectivity index (χ3v) is 1.41. The summed E-state index contributed by atoms with van der Waals surface area (Å²) in [6.07, 6.45) is 1.41. The lowest BCUT2D eigenvalue weighted by molar-refractivity contribution is 0.117. The molecule has 0 heterocycles. The third-order valence-electron chi connectivity index (χ3n) is 1.41. The van der Waals surface area contributed by atoms with Gasteiger partial charge in [0.05, 0.1) is 0 Å².